The van der Waals surface area contributed by atoms with Crippen molar-refractivity contribution in [1.29, 1.82) is 0 Å². The molecule has 2 N–H and O–H groups in total. The standard InChI is InChI=1S/C19H24N2O6S/c1-25-16-7-4-14(5-8-16)13-21-28(23,24)11-10-20-19(22)15-6-9-17(26-2)18(12-15)27-3/h4-9,12,21H,10-11,13H2,1-3H3,(H,20,22). The topological polar surface area (TPSA) is 103 Å². The molecule has 0 saturated carbocycles. The molecule has 2 rings (SSSR count). The molecule has 9 heteroatoms. The summed E-state index contributed by atoms with van der Waals surface area (Å²) in [5.74, 6) is 0.992. The van der Waals surface area contributed by atoms with Crippen LogP contribution in [0.5, 0.6) is 17.2 Å². The second-order valence-electron chi connectivity index (χ2n) is 5.81. The van der Waals surface area contributed by atoms with E-state index in [2.05, 4.69) is 10.0 Å². The lowest BCUT2D eigenvalue weighted by molar-refractivity contribution is 0.0955. The van der Waals surface area contributed by atoms with Gasteiger partial charge >= 0.3 is 0 Å². The first-order valence-electron chi connectivity index (χ1n) is 8.49. The van der Waals surface area contributed by atoms with Crippen LogP contribution in [0.3, 0.4) is 0 Å². The molecule has 1 amide bonds. The van der Waals surface area contributed by atoms with E-state index < -0.39 is 15.9 Å². The molecule has 2 aromatic carbocycles. The van der Waals surface area contributed by atoms with Crippen molar-refractivity contribution >= 4 is 15.9 Å². The molecule has 0 bridgehead atoms. The second-order valence-corrected chi connectivity index (χ2v) is 7.74. The van der Waals surface area contributed by atoms with Gasteiger partial charge < -0.3 is 19.5 Å². The molecular formula is C19H24N2O6S. The number of nitrogens with one attached hydrogen (secondary N) is 2. The summed E-state index contributed by atoms with van der Waals surface area (Å²) in [6, 6.07) is 11.8. The Balaban J connectivity index is 1.84. The number of rotatable bonds is 10. The molecule has 0 heterocycles. The molecule has 28 heavy (non-hydrogen) atoms. The van der Waals surface area contributed by atoms with Crippen LogP contribution in [0.4, 0.5) is 0 Å². The summed E-state index contributed by atoms with van der Waals surface area (Å²) in [7, 11) is 1.00. The number of ether oxygens (including phenoxy) is 3. The molecule has 0 spiro atoms. The molecule has 0 aliphatic heterocycles. The third-order valence-electron chi connectivity index (χ3n) is 3.96. The first kappa shape index (κ1) is 21.5. The van der Waals surface area contributed by atoms with E-state index in [-0.39, 0.29) is 18.8 Å². The van der Waals surface area contributed by atoms with Crippen molar-refractivity contribution in [2.45, 2.75) is 6.54 Å². The first-order valence-corrected chi connectivity index (χ1v) is 10.1. The van der Waals surface area contributed by atoms with Gasteiger partial charge in [0, 0.05) is 18.7 Å². The van der Waals surface area contributed by atoms with E-state index in [9.17, 15) is 13.2 Å². The Hall–Kier alpha value is -2.78. The van der Waals surface area contributed by atoms with Crippen molar-refractivity contribution in [1.82, 2.24) is 10.0 Å². The minimum absolute atomic E-state index is 0.0227. The number of hydrogen-bond donors (Lipinski definition) is 2. The molecule has 0 unspecified atom stereocenters. The van der Waals surface area contributed by atoms with Crippen molar-refractivity contribution in [2.24, 2.45) is 0 Å². The lowest BCUT2D eigenvalue weighted by Gasteiger charge is -2.11. The van der Waals surface area contributed by atoms with Gasteiger partial charge in [0.05, 0.1) is 27.1 Å². The summed E-state index contributed by atoms with van der Waals surface area (Å²) in [5, 5.41) is 2.59. The van der Waals surface area contributed by atoms with Gasteiger partial charge in [-0.3, -0.25) is 4.79 Å². The lowest BCUT2D eigenvalue weighted by atomic mass is 10.2. The second kappa shape index (κ2) is 9.95. The Labute approximate surface area is 164 Å². The maximum atomic E-state index is 12.2. The van der Waals surface area contributed by atoms with E-state index in [0.717, 1.165) is 5.56 Å². The minimum atomic E-state index is -3.54. The quantitative estimate of drug-likeness (QED) is 0.619. The Morgan fingerprint density at radius 3 is 2.21 bits per heavy atom. The van der Waals surface area contributed by atoms with Crippen molar-refractivity contribution in [3.63, 3.8) is 0 Å². The maximum Gasteiger partial charge on any atom is 0.251 e. The first-order chi connectivity index (χ1) is 13.4. The van der Waals surface area contributed by atoms with Crippen LogP contribution in [0, 0.1) is 0 Å². The van der Waals surface area contributed by atoms with Crippen LogP contribution in [0.25, 0.3) is 0 Å². The average molecular weight is 408 g/mol. The van der Waals surface area contributed by atoms with Gasteiger partial charge in [0.2, 0.25) is 10.0 Å². The van der Waals surface area contributed by atoms with Crippen LogP contribution in [-0.2, 0) is 16.6 Å². The average Bonchev–Trinajstić information content (AvgIpc) is 2.71. The molecule has 0 aliphatic carbocycles. The summed E-state index contributed by atoms with van der Waals surface area (Å²) in [4.78, 5) is 12.2. The number of benzene rings is 2. The Morgan fingerprint density at radius 2 is 1.61 bits per heavy atom. The predicted octanol–water partition coefficient (Wildman–Crippen LogP) is 1.56. The monoisotopic (exact) mass is 408 g/mol. The van der Waals surface area contributed by atoms with Crippen molar-refractivity contribution in [3.05, 3.63) is 53.6 Å². The zero-order valence-electron chi connectivity index (χ0n) is 16.0. The summed E-state index contributed by atoms with van der Waals surface area (Å²) < 4.78 is 42.1. The number of carbonyl (C=O) groups is 1. The summed E-state index contributed by atoms with van der Waals surface area (Å²) in [6.45, 7) is 0.140. The van der Waals surface area contributed by atoms with Gasteiger partial charge in [-0.1, -0.05) is 12.1 Å². The van der Waals surface area contributed by atoms with E-state index in [1.54, 1.807) is 43.5 Å². The number of methoxy groups -OCH3 is 3. The maximum absolute atomic E-state index is 12.2. The van der Waals surface area contributed by atoms with Crippen LogP contribution < -0.4 is 24.2 Å². The van der Waals surface area contributed by atoms with E-state index >= 15 is 0 Å². The highest BCUT2D eigenvalue weighted by Crippen LogP contribution is 2.27. The fraction of sp³-hybridized carbons (Fsp3) is 0.316. The molecule has 0 aromatic heterocycles. The fourth-order valence-electron chi connectivity index (χ4n) is 2.39. The third-order valence-corrected chi connectivity index (χ3v) is 5.28. The molecule has 0 saturated heterocycles. The van der Waals surface area contributed by atoms with Crippen molar-refractivity contribution < 1.29 is 27.4 Å². The van der Waals surface area contributed by atoms with E-state index in [1.165, 1.54) is 20.3 Å². The molecule has 2 aromatic rings. The third kappa shape index (κ3) is 6.14. The van der Waals surface area contributed by atoms with Gasteiger partial charge in [-0.25, -0.2) is 13.1 Å². The number of hydrogen-bond acceptors (Lipinski definition) is 6. The SMILES string of the molecule is COc1ccc(CNS(=O)(=O)CCNC(=O)c2ccc(OC)c(OC)c2)cc1. The van der Waals surface area contributed by atoms with E-state index in [1.807, 2.05) is 0 Å². The highest BCUT2D eigenvalue weighted by atomic mass is 32.2. The predicted molar refractivity (Wildman–Crippen MR) is 105 cm³/mol. The molecule has 0 aliphatic rings. The fourth-order valence-corrected chi connectivity index (χ4v) is 3.29. The van der Waals surface area contributed by atoms with Crippen LogP contribution in [0.15, 0.2) is 42.5 Å². The molecule has 8 nitrogen and oxygen atoms in total. The highest BCUT2D eigenvalue weighted by Gasteiger charge is 2.13. The molecule has 0 radical (unpaired) electrons. The number of sulfonamides is 1. The molecule has 152 valence electrons. The van der Waals surface area contributed by atoms with Crippen LogP contribution >= 0.6 is 0 Å². The smallest absolute Gasteiger partial charge is 0.251 e. The van der Waals surface area contributed by atoms with Crippen LogP contribution in [0.1, 0.15) is 15.9 Å². The van der Waals surface area contributed by atoms with Gasteiger partial charge in [-0.15, -0.1) is 0 Å². The van der Waals surface area contributed by atoms with Crippen molar-refractivity contribution in [2.75, 3.05) is 33.6 Å². The number of carbonyl (C=O) groups excluding carboxylic acids is 1. The zero-order chi connectivity index (χ0) is 20.6. The van der Waals surface area contributed by atoms with E-state index in [4.69, 9.17) is 14.2 Å². The highest BCUT2D eigenvalue weighted by molar-refractivity contribution is 7.89. The lowest BCUT2D eigenvalue weighted by Crippen LogP contribution is -2.34. The minimum Gasteiger partial charge on any atom is -0.497 e. The largest absolute Gasteiger partial charge is 0.497 e. The molecule has 0 fully saturated rings. The Morgan fingerprint density at radius 1 is 0.929 bits per heavy atom. The van der Waals surface area contributed by atoms with Crippen LogP contribution in [0.2, 0.25) is 0 Å². The van der Waals surface area contributed by atoms with Gasteiger partial charge in [0.25, 0.3) is 5.91 Å². The Bertz CT molecular complexity index is 897. The summed E-state index contributed by atoms with van der Waals surface area (Å²) >= 11 is 0. The van der Waals surface area contributed by atoms with Gasteiger partial charge in [0.15, 0.2) is 11.5 Å². The van der Waals surface area contributed by atoms with Crippen molar-refractivity contribution in [3.8, 4) is 17.2 Å². The van der Waals surface area contributed by atoms with E-state index in [0.29, 0.717) is 22.8 Å². The normalized spacial score (nSPS) is 11.0. The number of amides is 1. The molecular weight excluding hydrogens is 384 g/mol. The zero-order valence-corrected chi connectivity index (χ0v) is 16.8. The van der Waals surface area contributed by atoms with Gasteiger partial charge in [-0.2, -0.15) is 0 Å². The molecule has 0 atom stereocenters. The van der Waals surface area contributed by atoms with Gasteiger partial charge in [0.1, 0.15) is 5.75 Å². The Kier molecular flexibility index (Phi) is 7.65. The summed E-state index contributed by atoms with van der Waals surface area (Å²) in [5.41, 5.74) is 1.15. The summed E-state index contributed by atoms with van der Waals surface area (Å²) in [6.07, 6.45) is 0. The van der Waals surface area contributed by atoms with Crippen LogP contribution in [-0.4, -0.2) is 48.0 Å². The van der Waals surface area contributed by atoms with Gasteiger partial charge in [-0.05, 0) is 35.9 Å².